The number of para-hydroxylation sites is 2. The summed E-state index contributed by atoms with van der Waals surface area (Å²) in [6.07, 6.45) is 0. The molecule has 1 aliphatic heterocycles. The molecule has 0 saturated carbocycles. The molecule has 1 spiro atoms. The molecule has 0 atom stereocenters. The van der Waals surface area contributed by atoms with Crippen molar-refractivity contribution in [2.45, 2.75) is 5.41 Å². The van der Waals surface area contributed by atoms with Crippen molar-refractivity contribution in [1.82, 2.24) is 4.57 Å². The summed E-state index contributed by atoms with van der Waals surface area (Å²) in [4.78, 5) is 0. The summed E-state index contributed by atoms with van der Waals surface area (Å²) in [5.41, 5.74) is 11.5. The quantitative estimate of drug-likeness (QED) is 0.204. The second-order valence-electron chi connectivity index (χ2n) is 9.03. The molecule has 2 heteroatoms. The molecule has 2 aliphatic rings. The number of hydrogen-bond donors (Lipinski definition) is 0. The van der Waals surface area contributed by atoms with Crippen LogP contribution < -0.4 is 0 Å². The van der Waals surface area contributed by atoms with Gasteiger partial charge in [0.15, 0.2) is 0 Å². The van der Waals surface area contributed by atoms with Crippen molar-refractivity contribution in [3.05, 3.63) is 136 Å². The molecule has 154 valence electrons. The van der Waals surface area contributed by atoms with Crippen molar-refractivity contribution in [2.75, 3.05) is 0 Å². The number of aromatic nitrogens is 1. The molecular formula is C31H18BrN. The summed E-state index contributed by atoms with van der Waals surface area (Å²) in [5, 5.41) is 2.62. The van der Waals surface area contributed by atoms with Crippen LogP contribution in [0.2, 0.25) is 0 Å². The van der Waals surface area contributed by atoms with Crippen molar-refractivity contribution in [1.29, 1.82) is 0 Å². The maximum absolute atomic E-state index is 4.01. The molecule has 1 nitrogen and oxygen atoms in total. The first-order valence-electron chi connectivity index (χ1n) is 11.3. The van der Waals surface area contributed by atoms with E-state index in [0.29, 0.717) is 0 Å². The number of fused-ring (bicyclic) bond motifs is 12. The number of rotatable bonds is 0. The Hall–Kier alpha value is -3.62. The fourth-order valence-corrected chi connectivity index (χ4v) is 7.22. The highest BCUT2D eigenvalue weighted by molar-refractivity contribution is 9.10. The van der Waals surface area contributed by atoms with Gasteiger partial charge < -0.3 is 4.57 Å². The van der Waals surface area contributed by atoms with Crippen molar-refractivity contribution in [3.8, 4) is 16.8 Å². The minimum atomic E-state index is -0.369. The summed E-state index contributed by atoms with van der Waals surface area (Å²) in [6.45, 7) is 0. The highest BCUT2D eigenvalue weighted by Gasteiger charge is 2.51. The van der Waals surface area contributed by atoms with Gasteiger partial charge in [-0.2, -0.15) is 0 Å². The van der Waals surface area contributed by atoms with E-state index in [2.05, 4.69) is 130 Å². The third-order valence-corrected chi connectivity index (χ3v) is 8.32. The Balaban J connectivity index is 1.72. The van der Waals surface area contributed by atoms with Gasteiger partial charge in [0.25, 0.3) is 0 Å². The Morgan fingerprint density at radius 2 is 1.15 bits per heavy atom. The minimum Gasteiger partial charge on any atom is -0.309 e. The first kappa shape index (κ1) is 17.9. The maximum atomic E-state index is 4.01. The van der Waals surface area contributed by atoms with Gasteiger partial charge in [0.2, 0.25) is 0 Å². The van der Waals surface area contributed by atoms with Crippen molar-refractivity contribution in [3.63, 3.8) is 0 Å². The summed E-state index contributed by atoms with van der Waals surface area (Å²) in [7, 11) is 0. The molecule has 0 bridgehead atoms. The van der Waals surface area contributed by atoms with Crippen LogP contribution in [-0.4, -0.2) is 4.57 Å². The smallest absolute Gasteiger partial charge is 0.0765 e. The van der Waals surface area contributed by atoms with Gasteiger partial charge in [0.1, 0.15) is 0 Å². The average molecular weight is 484 g/mol. The van der Waals surface area contributed by atoms with Crippen molar-refractivity contribution >= 4 is 37.7 Å². The van der Waals surface area contributed by atoms with E-state index >= 15 is 0 Å². The van der Waals surface area contributed by atoms with Gasteiger partial charge in [-0.3, -0.25) is 0 Å². The third-order valence-electron chi connectivity index (χ3n) is 7.66. The summed E-state index contributed by atoms with van der Waals surface area (Å²) in [6, 6.07) is 40.2. The van der Waals surface area contributed by atoms with Crippen LogP contribution in [0.5, 0.6) is 0 Å². The van der Waals surface area contributed by atoms with Gasteiger partial charge in [-0.15, -0.1) is 0 Å². The first-order chi connectivity index (χ1) is 16.3. The van der Waals surface area contributed by atoms with Crippen LogP contribution in [0.15, 0.2) is 114 Å². The topological polar surface area (TPSA) is 4.93 Å². The lowest BCUT2D eigenvalue weighted by atomic mass is 9.65. The molecule has 0 N–H and O–H groups in total. The molecule has 6 aromatic rings. The number of halogens is 1. The van der Waals surface area contributed by atoms with Crippen LogP contribution in [0.4, 0.5) is 0 Å². The lowest BCUT2D eigenvalue weighted by Crippen LogP contribution is -2.34. The van der Waals surface area contributed by atoms with Crippen LogP contribution >= 0.6 is 15.9 Å². The van der Waals surface area contributed by atoms with Crippen molar-refractivity contribution < 1.29 is 0 Å². The lowest BCUT2D eigenvalue weighted by Gasteiger charge is -2.40. The molecule has 1 aliphatic carbocycles. The fourth-order valence-electron chi connectivity index (χ4n) is 6.57. The van der Waals surface area contributed by atoms with E-state index in [-0.39, 0.29) is 5.41 Å². The number of benzene rings is 5. The summed E-state index contributed by atoms with van der Waals surface area (Å²) < 4.78 is 3.63. The van der Waals surface area contributed by atoms with Gasteiger partial charge in [-0.25, -0.2) is 0 Å². The SMILES string of the molecule is Brc1cccc2c1C1(c3ccccc3-c3ccccc31)c1cccc3c4ccccc4n-2c13. The number of nitrogens with zero attached hydrogens (tertiary/aromatic N) is 1. The molecule has 2 heterocycles. The molecule has 33 heavy (non-hydrogen) atoms. The van der Waals surface area contributed by atoms with Crippen LogP contribution in [0.25, 0.3) is 38.6 Å². The molecule has 0 radical (unpaired) electrons. The van der Waals surface area contributed by atoms with E-state index in [9.17, 15) is 0 Å². The van der Waals surface area contributed by atoms with Gasteiger partial charge in [-0.1, -0.05) is 107 Å². The molecule has 0 saturated heterocycles. The fraction of sp³-hybridized carbons (Fsp3) is 0.0323. The Labute approximate surface area is 200 Å². The third kappa shape index (κ3) is 1.92. The largest absolute Gasteiger partial charge is 0.309 e. The molecule has 0 unspecified atom stereocenters. The summed E-state index contributed by atoms with van der Waals surface area (Å²) >= 11 is 4.01. The van der Waals surface area contributed by atoms with E-state index in [1.165, 1.54) is 60.9 Å². The van der Waals surface area contributed by atoms with Crippen LogP contribution in [0.1, 0.15) is 22.3 Å². The molecule has 1 aromatic heterocycles. The highest BCUT2D eigenvalue weighted by Crippen LogP contribution is 2.62. The minimum absolute atomic E-state index is 0.369. The van der Waals surface area contributed by atoms with Crippen LogP contribution in [0.3, 0.4) is 0 Å². The van der Waals surface area contributed by atoms with Gasteiger partial charge in [-0.05, 0) is 46.0 Å². The Morgan fingerprint density at radius 1 is 0.545 bits per heavy atom. The molecule has 8 rings (SSSR count). The predicted molar refractivity (Wildman–Crippen MR) is 139 cm³/mol. The van der Waals surface area contributed by atoms with Gasteiger partial charge in [0.05, 0.1) is 22.1 Å². The second kappa shape index (κ2) is 6.03. The predicted octanol–water partition coefficient (Wildman–Crippen LogP) is 8.22. The van der Waals surface area contributed by atoms with Gasteiger partial charge >= 0.3 is 0 Å². The van der Waals surface area contributed by atoms with Crippen LogP contribution in [0, 0.1) is 0 Å². The zero-order valence-corrected chi connectivity index (χ0v) is 19.3. The molecular weight excluding hydrogens is 466 g/mol. The zero-order chi connectivity index (χ0) is 21.7. The van der Waals surface area contributed by atoms with E-state index < -0.39 is 0 Å². The van der Waals surface area contributed by atoms with E-state index in [0.717, 1.165) is 4.47 Å². The monoisotopic (exact) mass is 483 g/mol. The highest BCUT2D eigenvalue weighted by atomic mass is 79.9. The van der Waals surface area contributed by atoms with E-state index in [4.69, 9.17) is 0 Å². The molecule has 5 aromatic carbocycles. The maximum Gasteiger partial charge on any atom is 0.0765 e. The average Bonchev–Trinajstić information content (AvgIpc) is 3.35. The molecule has 0 fully saturated rings. The number of hydrogen-bond acceptors (Lipinski definition) is 0. The Morgan fingerprint density at radius 3 is 1.94 bits per heavy atom. The lowest BCUT2D eigenvalue weighted by molar-refractivity contribution is 0.744. The van der Waals surface area contributed by atoms with E-state index in [1.54, 1.807) is 0 Å². The van der Waals surface area contributed by atoms with Gasteiger partial charge in [0, 0.05) is 20.8 Å². The molecule has 0 amide bonds. The first-order valence-corrected chi connectivity index (χ1v) is 12.1. The normalized spacial score (nSPS) is 14.5. The van der Waals surface area contributed by atoms with Crippen LogP contribution in [-0.2, 0) is 5.41 Å². The summed E-state index contributed by atoms with van der Waals surface area (Å²) in [5.74, 6) is 0. The van der Waals surface area contributed by atoms with Crippen molar-refractivity contribution in [2.24, 2.45) is 0 Å². The standard InChI is InChI=1S/C31H18BrN/c32-26-16-8-18-28-29(26)31(23-13-4-1-9-19(23)20-10-2-5-14-24(20)31)25-15-7-12-22-21-11-3-6-17-27(21)33(28)30(22)25/h1-18H. The second-order valence-corrected chi connectivity index (χ2v) is 9.88. The Kier molecular flexibility index (Phi) is 3.27. The Bertz CT molecular complexity index is 1740. The van der Waals surface area contributed by atoms with E-state index in [1.807, 2.05) is 0 Å². The zero-order valence-electron chi connectivity index (χ0n) is 17.7.